The van der Waals surface area contributed by atoms with Crippen molar-refractivity contribution < 1.29 is 4.79 Å². The summed E-state index contributed by atoms with van der Waals surface area (Å²) < 4.78 is 0. The van der Waals surface area contributed by atoms with Crippen LogP contribution in [-0.2, 0) is 11.3 Å². The Labute approximate surface area is 113 Å². The van der Waals surface area contributed by atoms with Crippen LogP contribution in [0.2, 0.25) is 0 Å². The van der Waals surface area contributed by atoms with E-state index < -0.39 is 0 Å². The number of allylic oxidation sites excluding steroid dienone is 1. The van der Waals surface area contributed by atoms with Crippen molar-refractivity contribution >= 4 is 11.6 Å². The van der Waals surface area contributed by atoms with Gasteiger partial charge >= 0.3 is 0 Å². The maximum Gasteiger partial charge on any atom is 0.252 e. The molecule has 0 saturated heterocycles. The van der Waals surface area contributed by atoms with Crippen LogP contribution in [0.25, 0.3) is 5.70 Å². The minimum Gasteiger partial charge on any atom is -0.350 e. The van der Waals surface area contributed by atoms with Gasteiger partial charge in [-0.1, -0.05) is 23.8 Å². The first kappa shape index (κ1) is 12.0. The Morgan fingerprint density at radius 3 is 2.79 bits per heavy atom. The van der Waals surface area contributed by atoms with Crippen LogP contribution in [0.1, 0.15) is 23.1 Å². The molecule has 1 aromatic rings. The van der Waals surface area contributed by atoms with Crippen molar-refractivity contribution in [3.8, 4) is 0 Å². The Hall–Kier alpha value is -2.03. The van der Waals surface area contributed by atoms with Crippen LogP contribution < -0.4 is 0 Å². The summed E-state index contributed by atoms with van der Waals surface area (Å²) in [7, 11) is 3.88. The van der Waals surface area contributed by atoms with E-state index >= 15 is 0 Å². The molecule has 3 nitrogen and oxygen atoms in total. The van der Waals surface area contributed by atoms with Crippen molar-refractivity contribution in [2.24, 2.45) is 0 Å². The van der Waals surface area contributed by atoms with Crippen LogP contribution in [-0.4, -0.2) is 29.8 Å². The monoisotopic (exact) mass is 254 g/mol. The highest BCUT2D eigenvalue weighted by Gasteiger charge is 2.28. The minimum atomic E-state index is 0.139. The van der Waals surface area contributed by atoms with Gasteiger partial charge in [-0.2, -0.15) is 0 Å². The van der Waals surface area contributed by atoms with E-state index in [4.69, 9.17) is 0 Å². The summed E-state index contributed by atoms with van der Waals surface area (Å²) in [6, 6.07) is 6.44. The number of amides is 1. The van der Waals surface area contributed by atoms with Crippen LogP contribution in [0.5, 0.6) is 0 Å². The van der Waals surface area contributed by atoms with Gasteiger partial charge in [0.2, 0.25) is 0 Å². The summed E-state index contributed by atoms with van der Waals surface area (Å²) in [5.41, 5.74) is 5.60. The third-order valence-corrected chi connectivity index (χ3v) is 3.82. The Morgan fingerprint density at radius 1 is 1.21 bits per heavy atom. The molecule has 3 heteroatoms. The molecule has 0 unspecified atom stereocenters. The lowest BCUT2D eigenvalue weighted by Crippen LogP contribution is -2.28. The Morgan fingerprint density at radius 2 is 2.00 bits per heavy atom. The fraction of sp³-hybridized carbons (Fsp3) is 0.312. The van der Waals surface area contributed by atoms with Crippen molar-refractivity contribution in [1.82, 2.24) is 9.80 Å². The van der Waals surface area contributed by atoms with Gasteiger partial charge in [-0.3, -0.25) is 4.79 Å². The van der Waals surface area contributed by atoms with Gasteiger partial charge in [-0.25, -0.2) is 0 Å². The standard InChI is InChI=1S/C16H18N2O/c1-11-6-7-12-10-18(3)16(19)13-5-4-8-17(2)15(13)14(12)9-11/h4,6-9H,5,10H2,1-3H3. The zero-order valence-electron chi connectivity index (χ0n) is 11.6. The first-order valence-electron chi connectivity index (χ1n) is 6.56. The van der Waals surface area contributed by atoms with Crippen molar-refractivity contribution in [3.05, 3.63) is 52.7 Å². The van der Waals surface area contributed by atoms with Crippen molar-refractivity contribution in [1.29, 1.82) is 0 Å². The number of carbonyl (C=O) groups is 1. The molecule has 98 valence electrons. The van der Waals surface area contributed by atoms with E-state index in [-0.39, 0.29) is 5.91 Å². The predicted molar refractivity (Wildman–Crippen MR) is 76.1 cm³/mol. The Bertz CT molecular complexity index is 613. The smallest absolute Gasteiger partial charge is 0.252 e. The van der Waals surface area contributed by atoms with Crippen molar-refractivity contribution in [3.63, 3.8) is 0 Å². The van der Waals surface area contributed by atoms with E-state index in [1.807, 2.05) is 31.3 Å². The molecule has 19 heavy (non-hydrogen) atoms. The van der Waals surface area contributed by atoms with Gasteiger partial charge in [-0.05, 0) is 25.0 Å². The summed E-state index contributed by atoms with van der Waals surface area (Å²) in [5.74, 6) is 0.139. The number of hydrogen-bond acceptors (Lipinski definition) is 2. The van der Waals surface area contributed by atoms with Gasteiger partial charge in [-0.15, -0.1) is 0 Å². The molecule has 2 heterocycles. The van der Waals surface area contributed by atoms with Crippen LogP contribution in [0, 0.1) is 6.92 Å². The molecule has 0 spiro atoms. The fourth-order valence-electron chi connectivity index (χ4n) is 2.86. The second-order valence-electron chi connectivity index (χ2n) is 5.35. The maximum atomic E-state index is 12.5. The second-order valence-corrected chi connectivity index (χ2v) is 5.35. The Kier molecular flexibility index (Phi) is 2.70. The van der Waals surface area contributed by atoms with Gasteiger partial charge in [0.1, 0.15) is 0 Å². The number of aryl methyl sites for hydroxylation is 1. The minimum absolute atomic E-state index is 0.139. The largest absolute Gasteiger partial charge is 0.350 e. The predicted octanol–water partition coefficient (Wildman–Crippen LogP) is 2.53. The molecule has 0 bridgehead atoms. The van der Waals surface area contributed by atoms with E-state index in [2.05, 4.69) is 30.0 Å². The number of carbonyl (C=O) groups excluding carboxylic acids is 1. The summed E-state index contributed by atoms with van der Waals surface area (Å²) in [4.78, 5) is 16.4. The van der Waals surface area contributed by atoms with E-state index in [1.54, 1.807) is 0 Å². The summed E-state index contributed by atoms with van der Waals surface area (Å²) in [6.07, 6.45) is 4.81. The number of hydrogen-bond donors (Lipinski definition) is 0. The molecule has 3 rings (SSSR count). The molecule has 2 aliphatic heterocycles. The first-order valence-corrected chi connectivity index (χ1v) is 6.56. The molecule has 2 aliphatic rings. The van der Waals surface area contributed by atoms with Gasteiger partial charge in [0.25, 0.3) is 5.91 Å². The zero-order chi connectivity index (χ0) is 13.6. The SMILES string of the molecule is Cc1ccc2c(c1)C1=C(CC=CN1C)C(=O)N(C)C2. The number of benzene rings is 1. The third-order valence-electron chi connectivity index (χ3n) is 3.82. The highest BCUT2D eigenvalue weighted by atomic mass is 16.2. The van der Waals surface area contributed by atoms with E-state index in [0.717, 1.165) is 17.7 Å². The number of nitrogens with zero attached hydrogens (tertiary/aromatic N) is 2. The molecule has 0 atom stereocenters. The second kappa shape index (κ2) is 4.26. The van der Waals surface area contributed by atoms with Crippen LogP contribution in [0.15, 0.2) is 36.0 Å². The topological polar surface area (TPSA) is 23.6 Å². The highest BCUT2D eigenvalue weighted by molar-refractivity contribution is 6.02. The maximum absolute atomic E-state index is 12.5. The molecule has 0 radical (unpaired) electrons. The molecule has 0 aliphatic carbocycles. The Balaban J connectivity index is 2.27. The van der Waals surface area contributed by atoms with Gasteiger partial charge < -0.3 is 9.80 Å². The highest BCUT2D eigenvalue weighted by Crippen LogP contribution is 2.34. The average molecular weight is 254 g/mol. The average Bonchev–Trinajstić information content (AvgIpc) is 2.49. The molecule has 1 aromatic carbocycles. The molecule has 0 aromatic heterocycles. The quantitative estimate of drug-likeness (QED) is 0.710. The van der Waals surface area contributed by atoms with E-state index in [9.17, 15) is 4.79 Å². The van der Waals surface area contributed by atoms with Gasteiger partial charge in [0.05, 0.1) is 5.70 Å². The number of fused-ring (bicyclic) bond motifs is 2. The molecular formula is C16H18N2O. The lowest BCUT2D eigenvalue weighted by molar-refractivity contribution is -0.126. The molecule has 0 saturated carbocycles. The fourth-order valence-corrected chi connectivity index (χ4v) is 2.86. The lowest BCUT2D eigenvalue weighted by atomic mass is 9.96. The van der Waals surface area contributed by atoms with Crippen LogP contribution in [0.4, 0.5) is 0 Å². The third kappa shape index (κ3) is 1.86. The van der Waals surface area contributed by atoms with E-state index in [1.165, 1.54) is 16.7 Å². The molecule has 0 fully saturated rings. The first-order chi connectivity index (χ1) is 9.08. The van der Waals surface area contributed by atoms with Crippen molar-refractivity contribution in [2.45, 2.75) is 19.9 Å². The summed E-state index contributed by atoms with van der Waals surface area (Å²) in [5, 5.41) is 0. The van der Waals surface area contributed by atoms with Crippen LogP contribution >= 0.6 is 0 Å². The number of likely N-dealkylation sites (N-methyl/N-ethyl adjacent to an activating group) is 1. The van der Waals surface area contributed by atoms with Gasteiger partial charge in [0, 0.05) is 38.0 Å². The van der Waals surface area contributed by atoms with E-state index in [0.29, 0.717) is 6.54 Å². The number of rotatable bonds is 0. The zero-order valence-corrected chi connectivity index (χ0v) is 11.6. The van der Waals surface area contributed by atoms with Gasteiger partial charge in [0.15, 0.2) is 0 Å². The normalized spacial score (nSPS) is 18.4. The molecule has 0 N–H and O–H groups in total. The van der Waals surface area contributed by atoms with Crippen LogP contribution in [0.3, 0.4) is 0 Å². The molecular weight excluding hydrogens is 236 g/mol. The summed E-state index contributed by atoms with van der Waals surface area (Å²) >= 11 is 0. The molecule has 1 amide bonds. The van der Waals surface area contributed by atoms with Crippen molar-refractivity contribution in [2.75, 3.05) is 14.1 Å². The lowest BCUT2D eigenvalue weighted by Gasteiger charge is -2.25. The summed E-state index contributed by atoms with van der Waals surface area (Å²) in [6.45, 7) is 2.77.